The molecule has 22 heavy (non-hydrogen) atoms. The van der Waals surface area contributed by atoms with Gasteiger partial charge in [-0.3, -0.25) is 0 Å². The van der Waals surface area contributed by atoms with Crippen LogP contribution < -0.4 is 5.73 Å². The summed E-state index contributed by atoms with van der Waals surface area (Å²) in [5, 5.41) is 0. The molecular formula is C16H32N2O4. The minimum Gasteiger partial charge on any atom is -0.443 e. The number of nitrogens with two attached hydrogens (primary N) is 1. The van der Waals surface area contributed by atoms with Crippen molar-refractivity contribution < 1.29 is 21.8 Å². The van der Waals surface area contributed by atoms with Gasteiger partial charge in [0.05, 0.1) is 2.74 Å². The maximum Gasteiger partial charge on any atom is 0.419 e. The summed E-state index contributed by atoms with van der Waals surface area (Å²) in [4.78, 5) is 25.2. The Kier molecular flexibility index (Phi) is 6.96. The van der Waals surface area contributed by atoms with E-state index in [-0.39, 0.29) is 6.42 Å². The average Bonchev–Trinajstić information content (AvgIpc) is 2.29. The predicted molar refractivity (Wildman–Crippen MR) is 86.7 cm³/mol. The fraction of sp³-hybridized carbons (Fsp3) is 0.875. The van der Waals surface area contributed by atoms with Gasteiger partial charge in [-0.05, 0) is 60.9 Å². The summed E-state index contributed by atoms with van der Waals surface area (Å²) in [5.41, 5.74) is 3.71. The van der Waals surface area contributed by atoms with E-state index in [1.807, 2.05) is 0 Å². The van der Waals surface area contributed by atoms with Gasteiger partial charge < -0.3 is 15.2 Å². The molecule has 0 aromatic heterocycles. The molecule has 0 bridgehead atoms. The molecule has 0 radical (unpaired) electrons. The van der Waals surface area contributed by atoms with E-state index in [4.69, 9.17) is 17.9 Å². The standard InChI is InChI=1S/C16H32N2O4/c1-15(2,3)21-13(19)18(12-10-8-7-9-11-17)14(20)22-16(4,5)6/h7-12,17H2,1-6H3/i12D2. The first-order chi connectivity index (χ1) is 10.7. The number of imide groups is 1. The minimum absolute atomic E-state index is 0.00845. The van der Waals surface area contributed by atoms with Crippen molar-refractivity contribution in [2.75, 3.05) is 13.0 Å². The fourth-order valence-corrected chi connectivity index (χ4v) is 1.46. The highest BCUT2D eigenvalue weighted by Gasteiger charge is 2.30. The first-order valence-corrected chi connectivity index (χ1v) is 7.66. The summed E-state index contributed by atoms with van der Waals surface area (Å²) >= 11 is 0. The van der Waals surface area contributed by atoms with Crippen molar-refractivity contribution >= 4 is 12.2 Å². The van der Waals surface area contributed by atoms with Crippen LogP contribution in [0.2, 0.25) is 0 Å². The van der Waals surface area contributed by atoms with E-state index in [9.17, 15) is 9.59 Å². The Labute approximate surface area is 137 Å². The van der Waals surface area contributed by atoms with Crippen molar-refractivity contribution in [1.29, 1.82) is 0 Å². The molecule has 6 nitrogen and oxygen atoms in total. The molecule has 0 spiro atoms. The molecule has 0 saturated heterocycles. The normalized spacial score (nSPS) is 14.0. The Hall–Kier alpha value is -1.30. The lowest BCUT2D eigenvalue weighted by Gasteiger charge is -2.28. The Balaban J connectivity index is 5.29. The summed E-state index contributed by atoms with van der Waals surface area (Å²) in [5.74, 6) is 0. The molecule has 2 N–H and O–H groups in total. The van der Waals surface area contributed by atoms with Gasteiger partial charge in [-0.2, -0.15) is 0 Å². The SMILES string of the molecule is [2H]C([2H])(CCCCCN)N(C(=O)OC(C)(C)C)C(=O)OC(C)(C)C. The van der Waals surface area contributed by atoms with E-state index >= 15 is 0 Å². The lowest BCUT2D eigenvalue weighted by atomic mass is 10.2. The van der Waals surface area contributed by atoms with Gasteiger partial charge in [0.1, 0.15) is 11.2 Å². The second-order valence-electron chi connectivity index (χ2n) is 7.05. The largest absolute Gasteiger partial charge is 0.443 e. The molecule has 0 rings (SSSR count). The highest BCUT2D eigenvalue weighted by molar-refractivity contribution is 5.88. The summed E-state index contributed by atoms with van der Waals surface area (Å²) in [6.45, 7) is 8.20. The number of unbranched alkanes of at least 4 members (excludes halogenated alkanes) is 2. The zero-order chi connectivity index (χ0) is 19.2. The number of carbonyl (C=O) groups excluding carboxylic acids is 2. The number of rotatable bonds is 6. The Morgan fingerprint density at radius 1 is 0.909 bits per heavy atom. The molecule has 0 fully saturated rings. The van der Waals surface area contributed by atoms with Crippen LogP contribution in [0, 0.1) is 0 Å². The number of nitrogens with zero attached hydrogens (tertiary/aromatic N) is 1. The predicted octanol–water partition coefficient (Wildman–Crippen LogP) is 3.68. The molecular weight excluding hydrogens is 284 g/mol. The number of hydrogen-bond acceptors (Lipinski definition) is 5. The zero-order valence-corrected chi connectivity index (χ0v) is 14.7. The fourth-order valence-electron chi connectivity index (χ4n) is 1.46. The van der Waals surface area contributed by atoms with Crippen LogP contribution in [0.15, 0.2) is 0 Å². The second-order valence-corrected chi connectivity index (χ2v) is 7.05. The maximum atomic E-state index is 12.4. The lowest BCUT2D eigenvalue weighted by Crippen LogP contribution is -2.44. The second kappa shape index (κ2) is 8.98. The van der Waals surface area contributed by atoms with E-state index in [1.165, 1.54) is 0 Å². The van der Waals surface area contributed by atoms with Gasteiger partial charge in [0.2, 0.25) is 0 Å². The molecule has 0 heterocycles. The molecule has 0 aliphatic rings. The third-order valence-corrected chi connectivity index (χ3v) is 2.30. The quantitative estimate of drug-likeness (QED) is 0.755. The summed E-state index contributed by atoms with van der Waals surface area (Å²) in [6.07, 6.45) is -0.152. The molecule has 0 aliphatic carbocycles. The van der Waals surface area contributed by atoms with Gasteiger partial charge in [-0.15, -0.1) is 0 Å². The van der Waals surface area contributed by atoms with Crippen molar-refractivity contribution in [2.24, 2.45) is 5.73 Å². The molecule has 2 amide bonds. The average molecular weight is 318 g/mol. The first-order valence-electron chi connectivity index (χ1n) is 8.66. The van der Waals surface area contributed by atoms with Crippen LogP contribution in [0.25, 0.3) is 0 Å². The van der Waals surface area contributed by atoms with E-state index in [0.717, 1.165) is 6.42 Å². The van der Waals surface area contributed by atoms with Crippen LogP contribution >= 0.6 is 0 Å². The van der Waals surface area contributed by atoms with Crippen LogP contribution in [-0.4, -0.2) is 41.3 Å². The smallest absolute Gasteiger partial charge is 0.419 e. The van der Waals surface area contributed by atoms with Gasteiger partial charge in [0.25, 0.3) is 0 Å². The summed E-state index contributed by atoms with van der Waals surface area (Å²) in [6, 6.07) is 0. The molecule has 6 heteroatoms. The third kappa shape index (κ3) is 10.4. The maximum absolute atomic E-state index is 12.4. The Morgan fingerprint density at radius 2 is 1.32 bits per heavy atom. The zero-order valence-electron chi connectivity index (χ0n) is 16.7. The van der Waals surface area contributed by atoms with Crippen LogP contribution in [-0.2, 0) is 9.47 Å². The van der Waals surface area contributed by atoms with Crippen LogP contribution in [0.3, 0.4) is 0 Å². The van der Waals surface area contributed by atoms with Gasteiger partial charge >= 0.3 is 12.2 Å². The topological polar surface area (TPSA) is 81.9 Å². The summed E-state index contributed by atoms with van der Waals surface area (Å²) < 4.78 is 26.7. The molecule has 0 saturated carbocycles. The van der Waals surface area contributed by atoms with Crippen LogP contribution in [0.4, 0.5) is 9.59 Å². The minimum atomic E-state index is -2.21. The molecule has 0 atom stereocenters. The van der Waals surface area contributed by atoms with Crippen molar-refractivity contribution in [2.45, 2.75) is 78.4 Å². The van der Waals surface area contributed by atoms with Crippen molar-refractivity contribution in [3.05, 3.63) is 0 Å². The van der Waals surface area contributed by atoms with Gasteiger partial charge in [-0.1, -0.05) is 12.8 Å². The Morgan fingerprint density at radius 3 is 1.68 bits per heavy atom. The van der Waals surface area contributed by atoms with E-state index < -0.39 is 29.9 Å². The monoisotopic (exact) mass is 318 g/mol. The van der Waals surface area contributed by atoms with E-state index in [0.29, 0.717) is 24.3 Å². The van der Waals surface area contributed by atoms with E-state index in [1.54, 1.807) is 41.5 Å². The molecule has 130 valence electrons. The number of amides is 2. The highest BCUT2D eigenvalue weighted by atomic mass is 16.6. The van der Waals surface area contributed by atoms with Crippen LogP contribution in [0.1, 0.15) is 70.0 Å². The number of hydrogen-bond donors (Lipinski definition) is 1. The highest BCUT2D eigenvalue weighted by Crippen LogP contribution is 2.15. The van der Waals surface area contributed by atoms with Crippen molar-refractivity contribution in [3.63, 3.8) is 0 Å². The third-order valence-electron chi connectivity index (χ3n) is 2.30. The van der Waals surface area contributed by atoms with Gasteiger partial charge in [-0.25, -0.2) is 14.5 Å². The number of ether oxygens (including phenoxy) is 2. The van der Waals surface area contributed by atoms with Crippen molar-refractivity contribution in [1.82, 2.24) is 4.90 Å². The number of carbonyl (C=O) groups is 2. The molecule has 0 aromatic carbocycles. The summed E-state index contributed by atoms with van der Waals surface area (Å²) in [7, 11) is 0. The first kappa shape index (κ1) is 17.1. The van der Waals surface area contributed by atoms with Crippen molar-refractivity contribution in [3.8, 4) is 0 Å². The molecule has 0 unspecified atom stereocenters. The lowest BCUT2D eigenvalue weighted by molar-refractivity contribution is 0.00119. The molecule has 0 aliphatic heterocycles. The van der Waals surface area contributed by atoms with Gasteiger partial charge in [0, 0.05) is 6.50 Å². The van der Waals surface area contributed by atoms with Crippen LogP contribution in [0.5, 0.6) is 0 Å². The molecule has 0 aromatic rings. The van der Waals surface area contributed by atoms with E-state index in [2.05, 4.69) is 0 Å². The Bertz CT molecular complexity index is 401. The van der Waals surface area contributed by atoms with Gasteiger partial charge in [0.15, 0.2) is 0 Å².